The molecule has 1 aromatic heterocycles. The first-order chi connectivity index (χ1) is 11.1. The lowest BCUT2D eigenvalue weighted by Crippen LogP contribution is -2.52. The Morgan fingerprint density at radius 3 is 2.61 bits per heavy atom. The quantitative estimate of drug-likeness (QED) is 0.757. The average molecular weight is 316 g/mol. The van der Waals surface area contributed by atoms with Crippen molar-refractivity contribution in [2.45, 2.75) is 6.92 Å². The van der Waals surface area contributed by atoms with Crippen LogP contribution in [-0.2, 0) is 4.79 Å². The molecule has 0 saturated carbocycles. The van der Waals surface area contributed by atoms with E-state index in [1.165, 1.54) is 6.92 Å². The van der Waals surface area contributed by atoms with Gasteiger partial charge in [0.1, 0.15) is 5.82 Å². The number of pyridine rings is 1. The second kappa shape index (κ2) is 7.98. The van der Waals surface area contributed by atoms with Crippen LogP contribution in [-0.4, -0.2) is 61.1 Å². The van der Waals surface area contributed by atoms with Gasteiger partial charge in [0, 0.05) is 52.4 Å². The van der Waals surface area contributed by atoms with Crippen molar-refractivity contribution < 1.29 is 9.59 Å². The minimum absolute atomic E-state index is 0.111. The molecule has 2 N–H and O–H groups in total. The van der Waals surface area contributed by atoms with Crippen LogP contribution in [0, 0.1) is 11.3 Å². The van der Waals surface area contributed by atoms with Gasteiger partial charge >= 0.3 is 6.03 Å². The van der Waals surface area contributed by atoms with E-state index in [2.05, 4.69) is 26.6 Å². The van der Waals surface area contributed by atoms with E-state index in [4.69, 9.17) is 5.26 Å². The summed E-state index contributed by atoms with van der Waals surface area (Å²) in [4.78, 5) is 30.8. The fraction of sp³-hybridized carbons (Fsp3) is 0.467. The number of urea groups is 1. The van der Waals surface area contributed by atoms with Gasteiger partial charge in [0.2, 0.25) is 5.91 Å². The predicted molar refractivity (Wildman–Crippen MR) is 84.8 cm³/mol. The molecule has 0 aromatic carbocycles. The van der Waals surface area contributed by atoms with Crippen LogP contribution < -0.4 is 15.5 Å². The number of piperazine rings is 1. The normalized spacial score (nSPS) is 14.1. The largest absolute Gasteiger partial charge is 0.355 e. The number of carbonyl (C=O) groups is 2. The third-order valence-corrected chi connectivity index (χ3v) is 3.54. The summed E-state index contributed by atoms with van der Waals surface area (Å²) < 4.78 is 0. The number of nitrogens with one attached hydrogen (secondary N) is 2. The molecule has 23 heavy (non-hydrogen) atoms. The van der Waals surface area contributed by atoms with Gasteiger partial charge in [-0.25, -0.2) is 9.78 Å². The summed E-state index contributed by atoms with van der Waals surface area (Å²) in [7, 11) is 0. The van der Waals surface area contributed by atoms with Gasteiger partial charge in [-0.15, -0.1) is 0 Å². The number of hydrogen-bond acceptors (Lipinski definition) is 5. The summed E-state index contributed by atoms with van der Waals surface area (Å²) in [6.45, 7) is 4.78. The van der Waals surface area contributed by atoms with E-state index in [0.29, 0.717) is 44.8 Å². The molecule has 0 spiro atoms. The molecule has 2 rings (SSSR count). The van der Waals surface area contributed by atoms with Crippen molar-refractivity contribution >= 4 is 17.8 Å². The molecule has 0 bridgehead atoms. The summed E-state index contributed by atoms with van der Waals surface area (Å²) >= 11 is 0. The molecule has 1 aromatic rings. The molecule has 122 valence electrons. The fourth-order valence-electron chi connectivity index (χ4n) is 2.32. The van der Waals surface area contributed by atoms with Gasteiger partial charge in [0.15, 0.2) is 0 Å². The lowest BCUT2D eigenvalue weighted by molar-refractivity contribution is -0.118. The van der Waals surface area contributed by atoms with Gasteiger partial charge in [-0.2, -0.15) is 5.26 Å². The highest BCUT2D eigenvalue weighted by molar-refractivity contribution is 5.75. The number of amides is 3. The molecule has 2 heterocycles. The summed E-state index contributed by atoms with van der Waals surface area (Å²) in [5.74, 6) is 0.648. The predicted octanol–water partition coefficient (Wildman–Crippen LogP) is -0.0790. The lowest BCUT2D eigenvalue weighted by Gasteiger charge is -2.35. The SMILES string of the molecule is CC(=O)NCCNC(=O)N1CCN(c2cc(C#N)ccn2)CC1. The lowest BCUT2D eigenvalue weighted by atomic mass is 10.2. The zero-order valence-corrected chi connectivity index (χ0v) is 13.1. The second-order valence-electron chi connectivity index (χ2n) is 5.20. The second-order valence-corrected chi connectivity index (χ2v) is 5.20. The van der Waals surface area contributed by atoms with E-state index in [0.717, 1.165) is 5.82 Å². The van der Waals surface area contributed by atoms with Crippen LogP contribution in [0.4, 0.5) is 10.6 Å². The number of anilines is 1. The Morgan fingerprint density at radius 2 is 1.96 bits per heavy atom. The number of carbonyl (C=O) groups excluding carboxylic acids is 2. The standard InChI is InChI=1S/C15H20N6O2/c1-12(22)17-4-5-19-15(23)21-8-6-20(7-9-21)14-10-13(11-16)2-3-18-14/h2-3,10H,4-9H2,1H3,(H,17,22)(H,19,23). The highest BCUT2D eigenvalue weighted by Crippen LogP contribution is 2.14. The molecule has 1 saturated heterocycles. The Labute approximate surface area is 135 Å². The molecule has 0 atom stereocenters. The zero-order chi connectivity index (χ0) is 16.7. The van der Waals surface area contributed by atoms with Gasteiger partial charge in [-0.05, 0) is 12.1 Å². The number of hydrogen-bond donors (Lipinski definition) is 2. The minimum atomic E-state index is -0.131. The third kappa shape index (κ3) is 4.85. The molecule has 0 radical (unpaired) electrons. The number of nitrogens with zero attached hydrogens (tertiary/aromatic N) is 4. The van der Waals surface area contributed by atoms with Gasteiger partial charge < -0.3 is 20.4 Å². The first-order valence-electron chi connectivity index (χ1n) is 7.48. The van der Waals surface area contributed by atoms with E-state index in [1.807, 2.05) is 0 Å². The van der Waals surface area contributed by atoms with Gasteiger partial charge in [0.25, 0.3) is 0 Å². The molecular formula is C15H20N6O2. The van der Waals surface area contributed by atoms with Crippen LogP contribution in [0.25, 0.3) is 0 Å². The summed E-state index contributed by atoms with van der Waals surface area (Å²) in [6, 6.07) is 5.39. The number of rotatable bonds is 4. The average Bonchev–Trinajstić information content (AvgIpc) is 2.58. The highest BCUT2D eigenvalue weighted by Gasteiger charge is 2.21. The molecule has 3 amide bonds. The van der Waals surface area contributed by atoms with Crippen molar-refractivity contribution in [3.05, 3.63) is 23.9 Å². The zero-order valence-electron chi connectivity index (χ0n) is 13.1. The summed E-state index contributed by atoms with van der Waals surface area (Å²) in [5.41, 5.74) is 0.577. The minimum Gasteiger partial charge on any atom is -0.355 e. The van der Waals surface area contributed by atoms with Crippen molar-refractivity contribution in [2.75, 3.05) is 44.2 Å². The first-order valence-corrected chi connectivity index (χ1v) is 7.48. The molecule has 0 aliphatic carbocycles. The van der Waals surface area contributed by atoms with Crippen molar-refractivity contribution in [2.24, 2.45) is 0 Å². The maximum absolute atomic E-state index is 12.0. The van der Waals surface area contributed by atoms with Crippen molar-refractivity contribution in [1.82, 2.24) is 20.5 Å². The molecule has 1 aliphatic rings. The highest BCUT2D eigenvalue weighted by atomic mass is 16.2. The van der Waals surface area contributed by atoms with E-state index in [9.17, 15) is 9.59 Å². The van der Waals surface area contributed by atoms with E-state index >= 15 is 0 Å². The molecule has 1 fully saturated rings. The fourth-order valence-corrected chi connectivity index (χ4v) is 2.32. The molecule has 0 unspecified atom stereocenters. The van der Waals surface area contributed by atoms with Crippen LogP contribution in [0.1, 0.15) is 12.5 Å². The Balaban J connectivity index is 1.78. The summed E-state index contributed by atoms with van der Waals surface area (Å²) in [6.07, 6.45) is 1.62. The number of aromatic nitrogens is 1. The van der Waals surface area contributed by atoms with Crippen molar-refractivity contribution in [3.8, 4) is 6.07 Å². The Bertz CT molecular complexity index is 604. The van der Waals surface area contributed by atoms with Gasteiger partial charge in [-0.1, -0.05) is 0 Å². The molecule has 1 aliphatic heterocycles. The van der Waals surface area contributed by atoms with Gasteiger partial charge in [0.05, 0.1) is 11.6 Å². The smallest absolute Gasteiger partial charge is 0.317 e. The van der Waals surface area contributed by atoms with Gasteiger partial charge in [-0.3, -0.25) is 4.79 Å². The van der Waals surface area contributed by atoms with E-state index in [1.54, 1.807) is 23.2 Å². The molecular weight excluding hydrogens is 296 g/mol. The Morgan fingerprint density at radius 1 is 1.26 bits per heavy atom. The molecule has 8 nitrogen and oxygen atoms in total. The third-order valence-electron chi connectivity index (χ3n) is 3.54. The maximum atomic E-state index is 12.0. The van der Waals surface area contributed by atoms with Crippen molar-refractivity contribution in [1.29, 1.82) is 5.26 Å². The van der Waals surface area contributed by atoms with Crippen molar-refractivity contribution in [3.63, 3.8) is 0 Å². The van der Waals surface area contributed by atoms with E-state index in [-0.39, 0.29) is 11.9 Å². The Hall–Kier alpha value is -2.82. The Kier molecular flexibility index (Phi) is 5.74. The summed E-state index contributed by atoms with van der Waals surface area (Å²) in [5, 5.41) is 14.3. The van der Waals surface area contributed by atoms with Crippen LogP contribution in [0.5, 0.6) is 0 Å². The number of nitriles is 1. The van der Waals surface area contributed by atoms with Crippen LogP contribution in [0.3, 0.4) is 0 Å². The maximum Gasteiger partial charge on any atom is 0.317 e. The van der Waals surface area contributed by atoms with Crippen LogP contribution in [0.2, 0.25) is 0 Å². The monoisotopic (exact) mass is 316 g/mol. The van der Waals surface area contributed by atoms with Crippen LogP contribution >= 0.6 is 0 Å². The topological polar surface area (TPSA) is 101 Å². The van der Waals surface area contributed by atoms with Crippen LogP contribution in [0.15, 0.2) is 18.3 Å². The first kappa shape index (κ1) is 16.5. The molecule has 8 heteroatoms. The van der Waals surface area contributed by atoms with E-state index < -0.39 is 0 Å².